The van der Waals surface area contributed by atoms with Gasteiger partial charge in [0.2, 0.25) is 5.91 Å². The maximum absolute atomic E-state index is 12.6. The maximum Gasteiger partial charge on any atom is 0.328 e. The van der Waals surface area contributed by atoms with E-state index in [1.54, 1.807) is 41.8 Å². The first-order valence-electron chi connectivity index (χ1n) is 10.3. The number of carboxylic acid groups (broad SMARTS) is 1. The highest BCUT2D eigenvalue weighted by atomic mass is 32.2. The topological polar surface area (TPSA) is 149 Å². The molecule has 11 nitrogen and oxygen atoms in total. The minimum atomic E-state index is -3.42. The molecule has 0 aliphatic carbocycles. The zero-order valence-corrected chi connectivity index (χ0v) is 19.9. The molecule has 3 aromatic rings. The highest BCUT2D eigenvalue weighted by Gasteiger charge is 2.33. The Morgan fingerprint density at radius 3 is 2.23 bits per heavy atom. The molecule has 0 spiro atoms. The first-order valence-corrected chi connectivity index (χ1v) is 12.2. The lowest BCUT2D eigenvalue weighted by Crippen LogP contribution is -2.47. The number of nitrogens with zero attached hydrogens (tertiary/aromatic N) is 3. The van der Waals surface area contributed by atoms with Gasteiger partial charge < -0.3 is 14.5 Å². The Hall–Kier alpha value is -4.19. The summed E-state index contributed by atoms with van der Waals surface area (Å²) in [5, 5.41) is 19.3. The van der Waals surface area contributed by atoms with Crippen molar-refractivity contribution in [2.45, 2.75) is 24.8 Å². The first-order chi connectivity index (χ1) is 16.4. The van der Waals surface area contributed by atoms with E-state index in [-0.39, 0.29) is 10.6 Å². The Morgan fingerprint density at radius 2 is 1.74 bits per heavy atom. The fourth-order valence-electron chi connectivity index (χ4n) is 3.78. The molecule has 0 aliphatic heterocycles. The lowest BCUT2D eigenvalue weighted by atomic mass is 10.1. The van der Waals surface area contributed by atoms with E-state index in [1.807, 2.05) is 18.2 Å². The number of anilines is 1. The summed E-state index contributed by atoms with van der Waals surface area (Å²) in [4.78, 5) is 40.6. The van der Waals surface area contributed by atoms with Crippen molar-refractivity contribution in [3.8, 4) is 16.9 Å². The third kappa shape index (κ3) is 5.49. The molecule has 184 valence electrons. The Morgan fingerprint density at radius 1 is 1.14 bits per heavy atom. The molecule has 0 fully saturated rings. The normalized spacial score (nSPS) is 12.1. The molecule has 1 atom stereocenters. The van der Waals surface area contributed by atoms with Gasteiger partial charge in [-0.05, 0) is 42.8 Å². The Kier molecular flexibility index (Phi) is 7.25. The molecule has 1 aromatic heterocycles. The summed E-state index contributed by atoms with van der Waals surface area (Å²) in [7, 11) is -3.42. The molecule has 35 heavy (non-hydrogen) atoms. The monoisotopic (exact) mass is 501 g/mol. The van der Waals surface area contributed by atoms with Crippen molar-refractivity contribution in [2.75, 3.05) is 17.8 Å². The molecule has 0 radical (unpaired) electrons. The van der Waals surface area contributed by atoms with Crippen molar-refractivity contribution in [1.29, 1.82) is 0 Å². The van der Waals surface area contributed by atoms with Gasteiger partial charge in [0.1, 0.15) is 6.61 Å². The fraction of sp³-hybridized carbons (Fsp3) is 0.217. The van der Waals surface area contributed by atoms with Crippen molar-refractivity contribution in [3.05, 3.63) is 76.5 Å². The average Bonchev–Trinajstić information content (AvgIpc) is 3.12. The number of carbonyl (C=O) groups is 2. The number of aliphatic carboxylic acids is 1. The second kappa shape index (κ2) is 9.97. The van der Waals surface area contributed by atoms with E-state index >= 15 is 0 Å². The summed E-state index contributed by atoms with van der Waals surface area (Å²) < 4.78 is 25.5. The van der Waals surface area contributed by atoms with Gasteiger partial charge >= 0.3 is 5.97 Å². The number of amides is 1. The molecular formula is C23H23N3O8S. The van der Waals surface area contributed by atoms with Gasteiger partial charge in [-0.1, -0.05) is 30.3 Å². The highest BCUT2D eigenvalue weighted by Crippen LogP contribution is 2.36. The van der Waals surface area contributed by atoms with Crippen LogP contribution in [-0.2, 0) is 24.3 Å². The van der Waals surface area contributed by atoms with Crippen molar-refractivity contribution in [2.24, 2.45) is 0 Å². The summed E-state index contributed by atoms with van der Waals surface area (Å²) >= 11 is 0. The van der Waals surface area contributed by atoms with Crippen LogP contribution >= 0.6 is 0 Å². The molecule has 2 aromatic carbocycles. The fourth-order valence-corrected chi connectivity index (χ4v) is 4.41. The minimum absolute atomic E-state index is 0.129. The summed E-state index contributed by atoms with van der Waals surface area (Å²) in [6, 6.07) is 15.1. The van der Waals surface area contributed by atoms with Gasteiger partial charge in [0.25, 0.3) is 5.09 Å². The highest BCUT2D eigenvalue weighted by molar-refractivity contribution is 7.90. The molecular weight excluding hydrogens is 478 g/mol. The molecule has 1 unspecified atom stereocenters. The van der Waals surface area contributed by atoms with Gasteiger partial charge in [0, 0.05) is 24.6 Å². The molecule has 0 bridgehead atoms. The van der Waals surface area contributed by atoms with Crippen LogP contribution in [0, 0.1) is 17.0 Å². The quantitative estimate of drug-likeness (QED) is 0.347. The number of hydrogen-bond acceptors (Lipinski definition) is 7. The zero-order valence-electron chi connectivity index (χ0n) is 19.1. The number of sulfone groups is 1. The SMILES string of the molecule is CC(=O)N(c1cc(-c2ccc(S(C)(=O)=O)cc2)n(-c2ccccc2)c1C)C(CO[N+](=O)[O-])C(=O)O. The van der Waals surface area contributed by atoms with Crippen LogP contribution in [0.1, 0.15) is 12.6 Å². The zero-order chi connectivity index (χ0) is 25.9. The molecule has 1 N–H and O–H groups in total. The van der Waals surface area contributed by atoms with Crippen LogP contribution in [0.15, 0.2) is 65.6 Å². The van der Waals surface area contributed by atoms with E-state index in [9.17, 15) is 33.2 Å². The summed E-state index contributed by atoms with van der Waals surface area (Å²) in [5.41, 5.74) is 2.56. The number of para-hydroxylation sites is 1. The van der Waals surface area contributed by atoms with Crippen LogP contribution in [0.3, 0.4) is 0 Å². The first kappa shape index (κ1) is 25.4. The second-order valence-corrected chi connectivity index (χ2v) is 9.75. The number of carbonyl (C=O) groups excluding carboxylic acids is 1. The standard InChI is InChI=1S/C23H23N3O8S/c1-15-20(25(16(2)27)22(23(28)29)14-34-26(30)31)13-21(24(15)18-7-5-4-6-8-18)17-9-11-19(12-10-17)35(3,32)33/h4-13,22H,14H2,1-3H3,(H,28,29). The van der Waals surface area contributed by atoms with Gasteiger partial charge in [0.15, 0.2) is 15.9 Å². The van der Waals surface area contributed by atoms with Gasteiger partial charge in [0.05, 0.1) is 16.3 Å². The third-order valence-electron chi connectivity index (χ3n) is 5.35. The van der Waals surface area contributed by atoms with E-state index in [0.29, 0.717) is 22.6 Å². The van der Waals surface area contributed by atoms with Crippen LogP contribution in [-0.4, -0.2) is 54.0 Å². The number of benzene rings is 2. The summed E-state index contributed by atoms with van der Waals surface area (Å²) in [5.74, 6) is -2.13. The number of carboxylic acids is 1. The number of hydrogen-bond donors (Lipinski definition) is 1. The van der Waals surface area contributed by atoms with E-state index in [2.05, 4.69) is 4.84 Å². The summed E-state index contributed by atoms with van der Waals surface area (Å²) in [6.45, 7) is 1.97. The molecule has 3 rings (SSSR count). The van der Waals surface area contributed by atoms with Gasteiger partial charge in [-0.15, -0.1) is 10.1 Å². The van der Waals surface area contributed by atoms with E-state index in [4.69, 9.17) is 0 Å². The van der Waals surface area contributed by atoms with Crippen LogP contribution in [0.25, 0.3) is 16.9 Å². The van der Waals surface area contributed by atoms with E-state index in [0.717, 1.165) is 18.1 Å². The van der Waals surface area contributed by atoms with Gasteiger partial charge in [-0.25, -0.2) is 13.2 Å². The maximum atomic E-state index is 12.6. The predicted octanol–water partition coefficient (Wildman–Crippen LogP) is 2.87. The molecule has 12 heteroatoms. The molecule has 0 saturated carbocycles. The Bertz CT molecular complexity index is 1370. The van der Waals surface area contributed by atoms with E-state index in [1.165, 1.54) is 12.1 Å². The second-order valence-electron chi connectivity index (χ2n) is 7.73. The number of aromatic nitrogens is 1. The summed E-state index contributed by atoms with van der Waals surface area (Å²) in [6.07, 6.45) is 1.10. The van der Waals surface area contributed by atoms with Crippen LogP contribution in [0.4, 0.5) is 5.69 Å². The number of rotatable bonds is 9. The van der Waals surface area contributed by atoms with Crippen molar-refractivity contribution >= 4 is 27.4 Å². The lowest BCUT2D eigenvalue weighted by Gasteiger charge is -2.27. The predicted molar refractivity (Wildman–Crippen MR) is 127 cm³/mol. The van der Waals surface area contributed by atoms with Crippen molar-refractivity contribution < 1.29 is 33.0 Å². The molecule has 0 aliphatic rings. The molecule has 1 amide bonds. The van der Waals surface area contributed by atoms with Gasteiger partial charge in [-0.3, -0.25) is 9.69 Å². The van der Waals surface area contributed by atoms with E-state index < -0.39 is 39.4 Å². The van der Waals surface area contributed by atoms with Crippen molar-refractivity contribution in [3.63, 3.8) is 0 Å². The minimum Gasteiger partial charge on any atom is -0.480 e. The Labute approximate surface area is 201 Å². The Balaban J connectivity index is 2.24. The average molecular weight is 502 g/mol. The van der Waals surface area contributed by atoms with Gasteiger partial charge in [-0.2, -0.15) is 0 Å². The third-order valence-corrected chi connectivity index (χ3v) is 6.47. The van der Waals surface area contributed by atoms with Crippen molar-refractivity contribution in [1.82, 2.24) is 4.57 Å². The largest absolute Gasteiger partial charge is 0.480 e. The molecule has 1 heterocycles. The van der Waals surface area contributed by atoms with Crippen LogP contribution in [0.2, 0.25) is 0 Å². The lowest BCUT2D eigenvalue weighted by molar-refractivity contribution is -0.757. The van der Waals surface area contributed by atoms with Crippen LogP contribution in [0.5, 0.6) is 0 Å². The molecule has 0 saturated heterocycles. The van der Waals surface area contributed by atoms with Crippen LogP contribution < -0.4 is 4.90 Å². The smallest absolute Gasteiger partial charge is 0.328 e.